The Kier molecular flexibility index (Phi) is 7.83. The summed E-state index contributed by atoms with van der Waals surface area (Å²) >= 11 is 0. The minimum atomic E-state index is -0.145. The summed E-state index contributed by atoms with van der Waals surface area (Å²) in [6.07, 6.45) is 0. The number of likely N-dealkylation sites (N-methyl/N-ethyl adjacent to an activating group) is 2. The predicted octanol–water partition coefficient (Wildman–Crippen LogP) is 0.816. The molecular weight excluding hydrogens is 358 g/mol. The van der Waals surface area contributed by atoms with Gasteiger partial charge in [-0.05, 0) is 42.0 Å². The third-order valence-corrected chi connectivity index (χ3v) is 4.29. The second-order valence-electron chi connectivity index (χ2n) is 6.69. The largest absolute Gasteiger partial charge is 0.497 e. The fourth-order valence-electron chi connectivity index (χ4n) is 2.70. The summed E-state index contributed by atoms with van der Waals surface area (Å²) < 4.78 is 10.2. The van der Waals surface area contributed by atoms with E-state index in [9.17, 15) is 9.59 Å². The first kappa shape index (κ1) is 21.2. The number of carbonyl (C=O) groups excluding carboxylic acids is 2. The van der Waals surface area contributed by atoms with Gasteiger partial charge in [-0.25, -0.2) is 0 Å². The van der Waals surface area contributed by atoms with Gasteiger partial charge in [-0.15, -0.1) is 0 Å². The molecule has 2 aromatic carbocycles. The van der Waals surface area contributed by atoms with Crippen molar-refractivity contribution >= 4 is 17.5 Å². The number of methoxy groups -OCH3 is 2. The summed E-state index contributed by atoms with van der Waals surface area (Å²) in [5.74, 6) is 1.34. The third-order valence-electron chi connectivity index (χ3n) is 4.29. The van der Waals surface area contributed by atoms with Crippen LogP contribution in [0.1, 0.15) is 5.56 Å². The minimum Gasteiger partial charge on any atom is -0.497 e. The first-order chi connectivity index (χ1) is 13.4. The highest BCUT2D eigenvalue weighted by molar-refractivity contribution is 5.91. The van der Waals surface area contributed by atoms with Gasteiger partial charge in [0.15, 0.2) is 13.1 Å². The molecule has 7 nitrogen and oxygen atoms in total. The third kappa shape index (κ3) is 6.59. The van der Waals surface area contributed by atoms with E-state index >= 15 is 0 Å². The van der Waals surface area contributed by atoms with Gasteiger partial charge in [0.05, 0.1) is 21.3 Å². The van der Waals surface area contributed by atoms with Gasteiger partial charge in [0, 0.05) is 19.3 Å². The Morgan fingerprint density at radius 2 is 1.46 bits per heavy atom. The van der Waals surface area contributed by atoms with Crippen LogP contribution in [0.4, 0.5) is 5.69 Å². The number of carbonyl (C=O) groups is 2. The van der Waals surface area contributed by atoms with E-state index in [4.69, 9.17) is 9.47 Å². The summed E-state index contributed by atoms with van der Waals surface area (Å²) in [6, 6.07) is 14.7. The van der Waals surface area contributed by atoms with E-state index in [1.54, 1.807) is 50.4 Å². The summed E-state index contributed by atoms with van der Waals surface area (Å²) in [6.45, 7) is 0.949. The van der Waals surface area contributed by atoms with Crippen molar-refractivity contribution in [1.29, 1.82) is 0 Å². The van der Waals surface area contributed by atoms with Crippen LogP contribution in [0.3, 0.4) is 0 Å². The number of anilines is 1. The lowest BCUT2D eigenvalue weighted by Crippen LogP contribution is -3.11. The molecule has 150 valence electrons. The first-order valence-corrected chi connectivity index (χ1v) is 9.03. The van der Waals surface area contributed by atoms with E-state index in [2.05, 4.69) is 5.32 Å². The normalized spacial score (nSPS) is 11.4. The molecule has 0 aliphatic rings. The zero-order chi connectivity index (χ0) is 20.5. The highest BCUT2D eigenvalue weighted by Gasteiger charge is 2.17. The molecule has 7 heteroatoms. The van der Waals surface area contributed by atoms with E-state index in [-0.39, 0.29) is 24.9 Å². The van der Waals surface area contributed by atoms with Crippen LogP contribution >= 0.6 is 0 Å². The maximum atomic E-state index is 12.4. The molecule has 1 atom stereocenters. The van der Waals surface area contributed by atoms with E-state index in [0.29, 0.717) is 12.2 Å². The van der Waals surface area contributed by atoms with Gasteiger partial charge in [-0.3, -0.25) is 9.59 Å². The van der Waals surface area contributed by atoms with Crippen LogP contribution in [-0.4, -0.2) is 58.1 Å². The molecule has 28 heavy (non-hydrogen) atoms. The first-order valence-electron chi connectivity index (χ1n) is 9.03. The molecule has 0 bridgehead atoms. The van der Waals surface area contributed by atoms with E-state index in [1.807, 2.05) is 31.3 Å². The van der Waals surface area contributed by atoms with Crippen molar-refractivity contribution in [3.63, 3.8) is 0 Å². The van der Waals surface area contributed by atoms with Crippen molar-refractivity contribution in [1.82, 2.24) is 4.90 Å². The number of nitrogens with zero attached hydrogens (tertiary/aromatic N) is 1. The Morgan fingerprint density at radius 1 is 0.929 bits per heavy atom. The van der Waals surface area contributed by atoms with E-state index in [0.717, 1.165) is 22.0 Å². The number of nitrogens with one attached hydrogen (secondary N) is 2. The maximum Gasteiger partial charge on any atom is 0.279 e. The van der Waals surface area contributed by atoms with E-state index < -0.39 is 0 Å². The number of amides is 2. The van der Waals surface area contributed by atoms with Crippen LogP contribution in [0.15, 0.2) is 48.5 Å². The molecule has 2 aromatic rings. The molecule has 0 saturated carbocycles. The van der Waals surface area contributed by atoms with Crippen molar-refractivity contribution in [3.05, 3.63) is 54.1 Å². The van der Waals surface area contributed by atoms with Crippen LogP contribution in [0, 0.1) is 0 Å². The molecular formula is C21H28N3O4+. The van der Waals surface area contributed by atoms with Crippen LogP contribution in [-0.2, 0) is 16.1 Å². The molecule has 0 aliphatic carbocycles. The number of quaternary nitrogens is 1. The van der Waals surface area contributed by atoms with E-state index in [1.165, 1.54) is 0 Å². The van der Waals surface area contributed by atoms with Crippen molar-refractivity contribution in [2.75, 3.05) is 46.7 Å². The fourth-order valence-corrected chi connectivity index (χ4v) is 2.70. The second-order valence-corrected chi connectivity index (χ2v) is 6.69. The predicted molar refractivity (Wildman–Crippen MR) is 108 cm³/mol. The summed E-state index contributed by atoms with van der Waals surface area (Å²) in [4.78, 5) is 27.1. The zero-order valence-corrected chi connectivity index (χ0v) is 16.8. The van der Waals surface area contributed by atoms with Crippen LogP contribution in [0.25, 0.3) is 0 Å². The van der Waals surface area contributed by atoms with Gasteiger partial charge in [-0.2, -0.15) is 0 Å². The monoisotopic (exact) mass is 386 g/mol. The Morgan fingerprint density at radius 3 is 2.00 bits per heavy atom. The number of ether oxygens (including phenoxy) is 2. The lowest BCUT2D eigenvalue weighted by atomic mass is 10.2. The quantitative estimate of drug-likeness (QED) is 0.669. The van der Waals surface area contributed by atoms with Crippen molar-refractivity contribution in [2.24, 2.45) is 0 Å². The van der Waals surface area contributed by atoms with Gasteiger partial charge >= 0.3 is 0 Å². The molecule has 2 amide bonds. The van der Waals surface area contributed by atoms with Crippen molar-refractivity contribution in [3.8, 4) is 11.5 Å². The molecule has 0 radical (unpaired) electrons. The molecule has 0 aromatic heterocycles. The zero-order valence-electron chi connectivity index (χ0n) is 16.8. The van der Waals surface area contributed by atoms with Crippen LogP contribution in [0.2, 0.25) is 0 Å². The molecule has 2 N–H and O–H groups in total. The lowest BCUT2D eigenvalue weighted by Gasteiger charge is -2.20. The van der Waals surface area contributed by atoms with Gasteiger partial charge in [0.1, 0.15) is 11.5 Å². The van der Waals surface area contributed by atoms with Gasteiger partial charge in [0.2, 0.25) is 0 Å². The SMILES string of the molecule is COc1ccc(CN(C)C(=O)C[NH+](C)CC(=O)Nc2ccc(OC)cc2)cc1. The molecule has 0 aliphatic heterocycles. The maximum absolute atomic E-state index is 12.4. The highest BCUT2D eigenvalue weighted by atomic mass is 16.5. The van der Waals surface area contributed by atoms with Gasteiger partial charge in [0.25, 0.3) is 11.8 Å². The average molecular weight is 386 g/mol. The van der Waals surface area contributed by atoms with Crippen LogP contribution in [0.5, 0.6) is 11.5 Å². The molecule has 1 unspecified atom stereocenters. The fraction of sp³-hybridized carbons (Fsp3) is 0.333. The Labute approximate surface area is 165 Å². The summed E-state index contributed by atoms with van der Waals surface area (Å²) in [5, 5.41) is 2.83. The molecule has 0 spiro atoms. The Hall–Kier alpha value is -3.06. The molecule has 0 heterocycles. The Bertz CT molecular complexity index is 775. The number of benzene rings is 2. The van der Waals surface area contributed by atoms with Crippen LogP contribution < -0.4 is 19.7 Å². The second kappa shape index (κ2) is 10.3. The summed E-state index contributed by atoms with van der Waals surface area (Å²) in [7, 11) is 6.80. The summed E-state index contributed by atoms with van der Waals surface area (Å²) in [5.41, 5.74) is 1.72. The lowest BCUT2D eigenvalue weighted by molar-refractivity contribution is -0.862. The smallest absolute Gasteiger partial charge is 0.279 e. The number of hydrogen-bond donors (Lipinski definition) is 2. The van der Waals surface area contributed by atoms with Gasteiger partial charge < -0.3 is 24.6 Å². The topological polar surface area (TPSA) is 72.3 Å². The molecule has 0 fully saturated rings. The molecule has 2 rings (SSSR count). The Balaban J connectivity index is 1.78. The molecule has 0 saturated heterocycles. The van der Waals surface area contributed by atoms with Crippen molar-refractivity contribution < 1.29 is 24.0 Å². The van der Waals surface area contributed by atoms with Gasteiger partial charge in [-0.1, -0.05) is 12.1 Å². The minimum absolute atomic E-state index is 0.0226. The average Bonchev–Trinajstić information content (AvgIpc) is 2.68. The highest BCUT2D eigenvalue weighted by Crippen LogP contribution is 2.14. The standard InChI is InChI=1S/C21H27N3O4/c1-23(14-20(25)22-17-7-11-19(28-4)12-8-17)15-21(26)24(2)13-16-5-9-18(27-3)10-6-16/h5-12H,13-15H2,1-4H3,(H,22,25)/p+1. The van der Waals surface area contributed by atoms with Crippen molar-refractivity contribution in [2.45, 2.75) is 6.54 Å². The number of hydrogen-bond acceptors (Lipinski definition) is 4. The number of rotatable bonds is 9.